The van der Waals surface area contributed by atoms with Gasteiger partial charge in [0.15, 0.2) is 5.41 Å². The average molecular weight is 448 g/mol. The van der Waals surface area contributed by atoms with Gasteiger partial charge in [0.1, 0.15) is 5.75 Å². The number of nitrogens with zero attached hydrogens (tertiary/aromatic N) is 1. The lowest BCUT2D eigenvalue weighted by atomic mass is 9.72. The molecule has 1 fully saturated rings. The van der Waals surface area contributed by atoms with Crippen LogP contribution in [0.5, 0.6) is 5.75 Å². The molecular formula is C29H37NO3. The SMILES string of the molecule is CCCCCOc1ccc(-c2ccc(C3CCC(CC(C)(C#N)C(=O)OC)CC3)cc2)cc1. The van der Waals surface area contributed by atoms with E-state index in [1.165, 1.54) is 36.6 Å². The number of methoxy groups -OCH3 is 1. The van der Waals surface area contributed by atoms with E-state index in [2.05, 4.69) is 61.5 Å². The van der Waals surface area contributed by atoms with Crippen LogP contribution in [0, 0.1) is 22.7 Å². The zero-order chi connectivity index (χ0) is 23.7. The molecule has 1 atom stereocenters. The maximum absolute atomic E-state index is 12.0. The van der Waals surface area contributed by atoms with Crippen molar-refractivity contribution in [3.8, 4) is 22.9 Å². The first-order valence-electron chi connectivity index (χ1n) is 12.3. The topological polar surface area (TPSA) is 59.3 Å². The van der Waals surface area contributed by atoms with Gasteiger partial charge in [0.2, 0.25) is 0 Å². The number of carbonyl (C=O) groups excluding carboxylic acids is 1. The maximum atomic E-state index is 12.0. The van der Waals surface area contributed by atoms with Crippen LogP contribution in [0.1, 0.15) is 76.7 Å². The Morgan fingerprint density at radius 1 is 1.00 bits per heavy atom. The second-order valence-electron chi connectivity index (χ2n) is 9.56. The molecule has 1 aliphatic rings. The van der Waals surface area contributed by atoms with Crippen molar-refractivity contribution < 1.29 is 14.3 Å². The van der Waals surface area contributed by atoms with Crippen LogP contribution in [-0.2, 0) is 9.53 Å². The highest BCUT2D eigenvalue weighted by Crippen LogP contribution is 2.41. The molecule has 1 aliphatic carbocycles. The highest BCUT2D eigenvalue weighted by Gasteiger charge is 2.38. The Morgan fingerprint density at radius 3 is 2.15 bits per heavy atom. The van der Waals surface area contributed by atoms with Gasteiger partial charge < -0.3 is 9.47 Å². The number of ether oxygens (including phenoxy) is 2. The van der Waals surface area contributed by atoms with Crippen molar-refractivity contribution in [2.45, 2.75) is 71.1 Å². The molecule has 3 rings (SSSR count). The summed E-state index contributed by atoms with van der Waals surface area (Å²) in [7, 11) is 1.36. The number of benzene rings is 2. The van der Waals surface area contributed by atoms with Gasteiger partial charge in [-0.2, -0.15) is 5.26 Å². The van der Waals surface area contributed by atoms with Gasteiger partial charge in [-0.25, -0.2) is 0 Å². The molecular weight excluding hydrogens is 410 g/mol. The van der Waals surface area contributed by atoms with Gasteiger partial charge in [-0.3, -0.25) is 4.79 Å². The standard InChI is InChI=1S/C29H37NO3/c1-4-5-6-19-33-27-17-15-26(16-18-27)25-13-11-24(12-14-25)23-9-7-22(8-10-23)20-29(2,21-30)28(31)32-3/h11-18,22-23H,4-10,19-20H2,1-3H3. The third kappa shape index (κ3) is 6.60. The molecule has 0 N–H and O–H groups in total. The predicted molar refractivity (Wildman–Crippen MR) is 132 cm³/mol. The number of carbonyl (C=O) groups is 1. The normalized spacial score (nSPS) is 19.8. The number of hydrogen-bond donors (Lipinski definition) is 0. The molecule has 0 amide bonds. The second kappa shape index (κ2) is 11.9. The summed E-state index contributed by atoms with van der Waals surface area (Å²) in [4.78, 5) is 12.0. The number of unbranched alkanes of at least 4 members (excludes halogenated alkanes) is 2. The van der Waals surface area contributed by atoms with Gasteiger partial charge in [0.25, 0.3) is 0 Å². The summed E-state index contributed by atoms with van der Waals surface area (Å²) in [6.07, 6.45) is 8.37. The van der Waals surface area contributed by atoms with Gasteiger partial charge in [0, 0.05) is 0 Å². The van der Waals surface area contributed by atoms with E-state index < -0.39 is 11.4 Å². The smallest absolute Gasteiger partial charge is 0.325 e. The zero-order valence-electron chi connectivity index (χ0n) is 20.3. The molecule has 0 aliphatic heterocycles. The molecule has 2 aromatic carbocycles. The summed E-state index contributed by atoms with van der Waals surface area (Å²) in [5.41, 5.74) is 2.76. The van der Waals surface area contributed by atoms with Crippen molar-refractivity contribution in [1.29, 1.82) is 5.26 Å². The minimum Gasteiger partial charge on any atom is -0.494 e. The summed E-state index contributed by atoms with van der Waals surface area (Å²) in [5.74, 6) is 1.45. The van der Waals surface area contributed by atoms with Crippen LogP contribution in [0.15, 0.2) is 48.5 Å². The average Bonchev–Trinajstić information content (AvgIpc) is 2.87. The van der Waals surface area contributed by atoms with Gasteiger partial charge in [-0.05, 0) is 86.1 Å². The van der Waals surface area contributed by atoms with Crippen LogP contribution in [0.4, 0.5) is 0 Å². The Morgan fingerprint density at radius 2 is 1.61 bits per heavy atom. The van der Waals surface area contributed by atoms with Crippen LogP contribution >= 0.6 is 0 Å². The van der Waals surface area contributed by atoms with Crippen molar-refractivity contribution in [2.75, 3.05) is 13.7 Å². The quantitative estimate of drug-likeness (QED) is 0.283. The monoisotopic (exact) mass is 447 g/mol. The molecule has 4 nitrogen and oxygen atoms in total. The van der Waals surface area contributed by atoms with E-state index >= 15 is 0 Å². The Labute approximate surface area is 198 Å². The van der Waals surface area contributed by atoms with Gasteiger partial charge >= 0.3 is 5.97 Å². The van der Waals surface area contributed by atoms with E-state index in [0.717, 1.165) is 44.5 Å². The van der Waals surface area contributed by atoms with Crippen molar-refractivity contribution >= 4 is 5.97 Å². The Hall–Kier alpha value is -2.80. The third-order valence-corrected chi connectivity index (χ3v) is 7.01. The highest BCUT2D eigenvalue weighted by molar-refractivity contribution is 5.79. The first-order chi connectivity index (χ1) is 16.0. The number of rotatable bonds is 10. The number of nitriles is 1. The first-order valence-corrected chi connectivity index (χ1v) is 12.3. The largest absolute Gasteiger partial charge is 0.494 e. The van der Waals surface area contributed by atoms with Crippen molar-refractivity contribution in [2.24, 2.45) is 11.3 Å². The van der Waals surface area contributed by atoms with E-state index in [9.17, 15) is 10.1 Å². The molecule has 176 valence electrons. The van der Waals surface area contributed by atoms with Crippen molar-refractivity contribution in [3.05, 3.63) is 54.1 Å². The molecule has 33 heavy (non-hydrogen) atoms. The fraction of sp³-hybridized carbons (Fsp3) is 0.517. The maximum Gasteiger partial charge on any atom is 0.325 e. The number of hydrogen-bond acceptors (Lipinski definition) is 4. The third-order valence-electron chi connectivity index (χ3n) is 7.01. The van der Waals surface area contributed by atoms with E-state index in [1.807, 2.05) is 0 Å². The van der Waals surface area contributed by atoms with E-state index in [-0.39, 0.29) is 0 Å². The van der Waals surface area contributed by atoms with Gasteiger partial charge in [0.05, 0.1) is 19.8 Å². The van der Waals surface area contributed by atoms with E-state index in [0.29, 0.717) is 18.3 Å². The summed E-state index contributed by atoms with van der Waals surface area (Å²) in [5, 5.41) is 9.48. The van der Waals surface area contributed by atoms with Gasteiger partial charge in [-0.15, -0.1) is 0 Å². The minimum atomic E-state index is -1.04. The fourth-order valence-electron chi connectivity index (χ4n) is 4.91. The van der Waals surface area contributed by atoms with E-state index in [1.54, 1.807) is 6.92 Å². The fourth-order valence-corrected chi connectivity index (χ4v) is 4.91. The molecule has 0 spiro atoms. The number of esters is 1. The van der Waals surface area contributed by atoms with Crippen molar-refractivity contribution in [1.82, 2.24) is 0 Å². The summed E-state index contributed by atoms with van der Waals surface area (Å²) in [6.45, 7) is 4.68. The Balaban J connectivity index is 1.53. The molecule has 2 aromatic rings. The van der Waals surface area contributed by atoms with Crippen LogP contribution in [0.25, 0.3) is 11.1 Å². The van der Waals surface area contributed by atoms with Gasteiger partial charge in [-0.1, -0.05) is 56.2 Å². The minimum absolute atomic E-state index is 0.395. The highest BCUT2D eigenvalue weighted by atomic mass is 16.5. The van der Waals surface area contributed by atoms with Crippen molar-refractivity contribution in [3.63, 3.8) is 0 Å². The molecule has 0 radical (unpaired) electrons. The van der Waals surface area contributed by atoms with Crippen LogP contribution in [0.3, 0.4) is 0 Å². The molecule has 0 aromatic heterocycles. The van der Waals surface area contributed by atoms with Crippen LogP contribution < -0.4 is 4.74 Å². The Kier molecular flexibility index (Phi) is 8.95. The summed E-state index contributed by atoms with van der Waals surface area (Å²) < 4.78 is 10.7. The second-order valence-corrected chi connectivity index (χ2v) is 9.56. The van der Waals surface area contributed by atoms with E-state index in [4.69, 9.17) is 9.47 Å². The molecule has 0 heterocycles. The lowest BCUT2D eigenvalue weighted by Gasteiger charge is -2.32. The zero-order valence-corrected chi connectivity index (χ0v) is 20.3. The predicted octanol–water partition coefficient (Wildman–Crippen LogP) is 7.29. The van der Waals surface area contributed by atoms with Crippen LogP contribution in [-0.4, -0.2) is 19.7 Å². The molecule has 0 bridgehead atoms. The molecule has 1 unspecified atom stereocenters. The summed E-state index contributed by atoms with van der Waals surface area (Å²) >= 11 is 0. The Bertz CT molecular complexity index is 921. The lowest BCUT2D eigenvalue weighted by molar-refractivity contribution is -0.149. The lowest BCUT2D eigenvalue weighted by Crippen LogP contribution is -2.31. The molecule has 4 heteroatoms. The summed E-state index contributed by atoms with van der Waals surface area (Å²) in [6, 6.07) is 19.5. The molecule has 0 saturated heterocycles. The first kappa shape index (κ1) is 24.8. The molecule has 1 saturated carbocycles. The van der Waals surface area contributed by atoms with Crippen LogP contribution in [0.2, 0.25) is 0 Å².